The number of anilines is 1. The van der Waals surface area contributed by atoms with Crippen molar-refractivity contribution in [2.45, 2.75) is 81.7 Å². The number of rotatable bonds is 6. The van der Waals surface area contributed by atoms with Gasteiger partial charge in [-0.05, 0) is 76.1 Å². The molecule has 2 N–H and O–H groups in total. The summed E-state index contributed by atoms with van der Waals surface area (Å²) in [4.78, 5) is 10.6. The van der Waals surface area contributed by atoms with Crippen LogP contribution in [0, 0.1) is 5.82 Å². The van der Waals surface area contributed by atoms with Gasteiger partial charge in [-0.25, -0.2) is 18.7 Å². The normalized spacial score (nSPS) is 28.7. The summed E-state index contributed by atoms with van der Waals surface area (Å²) in [6.07, 6.45) is 7.52. The highest BCUT2D eigenvalue weighted by molar-refractivity contribution is 5.73. The Hall–Kier alpha value is -3.40. The van der Waals surface area contributed by atoms with Crippen LogP contribution in [-0.2, 0) is 0 Å². The van der Waals surface area contributed by atoms with E-state index in [1.807, 2.05) is 6.92 Å². The molecule has 38 heavy (non-hydrogen) atoms. The van der Waals surface area contributed by atoms with Crippen molar-refractivity contribution in [3.05, 3.63) is 42.5 Å². The van der Waals surface area contributed by atoms with Crippen LogP contribution in [0.2, 0.25) is 0 Å². The summed E-state index contributed by atoms with van der Waals surface area (Å²) in [6, 6.07) is 6.14. The number of nitrogens with zero attached hydrogens (tertiary/aromatic N) is 5. The van der Waals surface area contributed by atoms with Crippen LogP contribution >= 0.6 is 0 Å². The number of nitrogens with one attached hydrogen (secondary N) is 1. The molecule has 2 bridgehead atoms. The fraction of sp³-hybridized carbons (Fsp3) is 0.500. The number of aromatic nitrogens is 4. The van der Waals surface area contributed by atoms with Crippen LogP contribution in [0.1, 0.15) is 52.4 Å². The SMILES string of the molecule is COc1ncc(-c2ccc(-c3cnc(N(C4CC4)[C@H]4C[C@]5(C)CCC[C@@](C)(N5)[C@H]4F)nn3)c(O)c2)cc1F. The van der Waals surface area contributed by atoms with Crippen LogP contribution in [0.4, 0.5) is 14.7 Å². The van der Waals surface area contributed by atoms with Crippen molar-refractivity contribution in [1.82, 2.24) is 25.5 Å². The van der Waals surface area contributed by atoms with Crippen molar-refractivity contribution in [2.75, 3.05) is 12.0 Å². The fourth-order valence-corrected chi connectivity index (χ4v) is 6.36. The molecule has 10 heteroatoms. The first-order valence-corrected chi connectivity index (χ1v) is 13.1. The van der Waals surface area contributed by atoms with Gasteiger partial charge in [-0.15, -0.1) is 10.2 Å². The quantitative estimate of drug-likeness (QED) is 0.476. The van der Waals surface area contributed by atoms with Crippen molar-refractivity contribution in [3.63, 3.8) is 0 Å². The smallest absolute Gasteiger partial charge is 0.250 e. The molecule has 1 saturated carbocycles. The highest BCUT2D eigenvalue weighted by atomic mass is 19.1. The number of alkyl halides is 1. The largest absolute Gasteiger partial charge is 0.507 e. The number of hydrogen-bond acceptors (Lipinski definition) is 8. The van der Waals surface area contributed by atoms with E-state index < -0.39 is 17.5 Å². The average molecular weight is 523 g/mol. The minimum absolute atomic E-state index is 0.0440. The Morgan fingerprint density at radius 3 is 2.55 bits per heavy atom. The molecule has 1 aromatic carbocycles. The van der Waals surface area contributed by atoms with Crippen molar-refractivity contribution >= 4 is 5.95 Å². The molecule has 4 heterocycles. The number of phenols is 1. The maximum Gasteiger partial charge on any atom is 0.250 e. The molecule has 2 saturated heterocycles. The lowest BCUT2D eigenvalue weighted by Crippen LogP contribution is -2.73. The van der Waals surface area contributed by atoms with E-state index >= 15 is 4.39 Å². The van der Waals surface area contributed by atoms with Gasteiger partial charge >= 0.3 is 0 Å². The Kier molecular flexibility index (Phi) is 5.97. The summed E-state index contributed by atoms with van der Waals surface area (Å²) in [5, 5.41) is 23.1. The summed E-state index contributed by atoms with van der Waals surface area (Å²) >= 11 is 0. The number of pyridine rings is 1. The van der Waals surface area contributed by atoms with Crippen LogP contribution in [-0.4, -0.2) is 61.7 Å². The number of piperidine rings is 2. The van der Waals surface area contributed by atoms with Gasteiger partial charge in [-0.2, -0.15) is 0 Å². The molecule has 3 aliphatic rings. The molecule has 200 valence electrons. The lowest BCUT2D eigenvalue weighted by atomic mass is 9.68. The second kappa shape index (κ2) is 9.11. The number of phenolic OH excluding ortho intramolecular Hbond substituents is 1. The first-order chi connectivity index (χ1) is 18.2. The molecule has 2 aromatic heterocycles. The van der Waals surface area contributed by atoms with Gasteiger partial charge in [0.2, 0.25) is 11.8 Å². The van der Waals surface area contributed by atoms with Crippen molar-refractivity contribution < 1.29 is 18.6 Å². The summed E-state index contributed by atoms with van der Waals surface area (Å²) < 4.78 is 35.0. The number of halogens is 2. The third kappa shape index (κ3) is 4.34. The predicted molar refractivity (Wildman–Crippen MR) is 139 cm³/mol. The summed E-state index contributed by atoms with van der Waals surface area (Å²) in [5.74, 6) is -0.300. The summed E-state index contributed by atoms with van der Waals surface area (Å²) in [6.45, 7) is 4.19. The van der Waals surface area contributed by atoms with E-state index in [4.69, 9.17) is 4.74 Å². The van der Waals surface area contributed by atoms with Gasteiger partial charge in [-0.1, -0.05) is 6.07 Å². The molecule has 3 aromatic rings. The van der Waals surface area contributed by atoms with E-state index in [1.165, 1.54) is 25.4 Å². The molecule has 6 rings (SSSR count). The van der Waals surface area contributed by atoms with Crippen molar-refractivity contribution in [3.8, 4) is 34.0 Å². The van der Waals surface area contributed by atoms with Crippen LogP contribution in [0.25, 0.3) is 22.4 Å². The average Bonchev–Trinajstić information content (AvgIpc) is 3.73. The predicted octanol–water partition coefficient (Wildman–Crippen LogP) is 4.82. The number of benzene rings is 1. The zero-order chi connectivity index (χ0) is 26.7. The molecule has 4 atom stereocenters. The van der Waals surface area contributed by atoms with E-state index in [1.54, 1.807) is 18.3 Å². The minimum atomic E-state index is -1.05. The molecular weight excluding hydrogens is 490 g/mol. The van der Waals surface area contributed by atoms with Crippen LogP contribution in [0.3, 0.4) is 0 Å². The fourth-order valence-electron chi connectivity index (χ4n) is 6.36. The molecule has 0 spiro atoms. The van der Waals surface area contributed by atoms with E-state index in [-0.39, 0.29) is 29.3 Å². The first kappa shape index (κ1) is 24.9. The van der Waals surface area contributed by atoms with Gasteiger partial charge in [0.1, 0.15) is 17.6 Å². The van der Waals surface area contributed by atoms with Crippen LogP contribution in [0.5, 0.6) is 11.6 Å². The number of aromatic hydroxyl groups is 1. The lowest BCUT2D eigenvalue weighted by Gasteiger charge is -2.57. The second-order valence-corrected chi connectivity index (χ2v) is 11.4. The maximum atomic E-state index is 16.0. The van der Waals surface area contributed by atoms with Gasteiger partial charge in [-0.3, -0.25) is 0 Å². The summed E-state index contributed by atoms with van der Waals surface area (Å²) in [7, 11) is 1.35. The highest BCUT2D eigenvalue weighted by Gasteiger charge is 2.56. The van der Waals surface area contributed by atoms with Gasteiger partial charge < -0.3 is 20.1 Å². The van der Waals surface area contributed by atoms with E-state index in [2.05, 4.69) is 37.3 Å². The molecule has 0 amide bonds. The molecule has 0 unspecified atom stereocenters. The monoisotopic (exact) mass is 522 g/mol. The standard InChI is InChI=1S/C28H32F2N6O2/c1-27-9-4-10-28(2,35-27)24(30)22(13-27)36(18-6-7-18)26-32-15-21(33-34-26)19-8-5-16(12-23(19)37)17-11-20(29)25(38-3)31-14-17/h5,8,11-12,14-15,18,22,24,35,37H,4,6-7,9-10,13H2,1-3H3/t22-,24-,27-,28+/m0/s1. The molecule has 2 aliphatic heterocycles. The number of hydrogen-bond donors (Lipinski definition) is 2. The Labute approximate surface area is 220 Å². The summed E-state index contributed by atoms with van der Waals surface area (Å²) in [5.41, 5.74) is 1.25. The third-order valence-corrected chi connectivity index (χ3v) is 8.30. The zero-order valence-electron chi connectivity index (χ0n) is 21.8. The van der Waals surface area contributed by atoms with Gasteiger partial charge in [0, 0.05) is 34.4 Å². The number of fused-ring (bicyclic) bond motifs is 2. The molecule has 0 radical (unpaired) electrons. The van der Waals surface area contributed by atoms with E-state index in [9.17, 15) is 9.50 Å². The Bertz CT molecular complexity index is 1350. The molecule has 3 fully saturated rings. The first-order valence-electron chi connectivity index (χ1n) is 13.1. The zero-order valence-corrected chi connectivity index (χ0v) is 21.8. The third-order valence-electron chi connectivity index (χ3n) is 8.30. The van der Waals surface area contributed by atoms with Crippen LogP contribution in [0.15, 0.2) is 36.7 Å². The number of methoxy groups -OCH3 is 1. The highest BCUT2D eigenvalue weighted by Crippen LogP contribution is 2.46. The molecule has 8 nitrogen and oxygen atoms in total. The lowest BCUT2D eigenvalue weighted by molar-refractivity contribution is 0.0000874. The Balaban J connectivity index is 1.27. The van der Waals surface area contributed by atoms with Gasteiger partial charge in [0.15, 0.2) is 5.82 Å². The second-order valence-electron chi connectivity index (χ2n) is 11.4. The Morgan fingerprint density at radius 1 is 1.08 bits per heavy atom. The maximum absolute atomic E-state index is 16.0. The molecule has 1 aliphatic carbocycles. The van der Waals surface area contributed by atoms with Crippen molar-refractivity contribution in [1.29, 1.82) is 0 Å². The minimum Gasteiger partial charge on any atom is -0.507 e. The van der Waals surface area contributed by atoms with E-state index in [0.29, 0.717) is 34.8 Å². The van der Waals surface area contributed by atoms with Crippen molar-refractivity contribution in [2.24, 2.45) is 0 Å². The van der Waals surface area contributed by atoms with Crippen LogP contribution < -0.4 is 15.0 Å². The van der Waals surface area contributed by atoms with E-state index in [0.717, 1.165) is 32.1 Å². The van der Waals surface area contributed by atoms with Gasteiger partial charge in [0.25, 0.3) is 0 Å². The van der Waals surface area contributed by atoms with Gasteiger partial charge in [0.05, 0.1) is 19.3 Å². The topological polar surface area (TPSA) is 96.3 Å². The Morgan fingerprint density at radius 2 is 1.89 bits per heavy atom. The number of ether oxygens (including phenoxy) is 1. The molecular formula is C28H32F2N6O2.